The van der Waals surface area contributed by atoms with Crippen molar-refractivity contribution < 1.29 is 4.79 Å². The normalized spacial score (nSPS) is 9.62. The summed E-state index contributed by atoms with van der Waals surface area (Å²) in [6.07, 6.45) is 0.523. The van der Waals surface area contributed by atoms with Crippen molar-refractivity contribution in [1.29, 1.82) is 0 Å². The Kier molecular flexibility index (Phi) is 3.31. The van der Waals surface area contributed by atoms with E-state index in [-0.39, 0.29) is 5.91 Å². The molecule has 0 aliphatic carbocycles. The third-order valence-electron chi connectivity index (χ3n) is 1.79. The van der Waals surface area contributed by atoms with Crippen LogP contribution in [-0.4, -0.2) is 5.91 Å². The molecular formula is C10H14N2O. The zero-order valence-electron chi connectivity index (χ0n) is 7.71. The lowest BCUT2D eigenvalue weighted by Crippen LogP contribution is -2.21. The van der Waals surface area contributed by atoms with Gasteiger partial charge in [0.1, 0.15) is 0 Å². The molecule has 3 heteroatoms. The van der Waals surface area contributed by atoms with E-state index in [9.17, 15) is 4.79 Å². The average Bonchev–Trinajstić information content (AvgIpc) is 2.16. The van der Waals surface area contributed by atoms with Crippen LogP contribution < -0.4 is 11.1 Å². The van der Waals surface area contributed by atoms with E-state index in [0.717, 1.165) is 11.3 Å². The Labute approximate surface area is 77.9 Å². The first-order valence-corrected chi connectivity index (χ1v) is 4.33. The van der Waals surface area contributed by atoms with Crippen molar-refractivity contribution in [3.63, 3.8) is 0 Å². The van der Waals surface area contributed by atoms with Crippen molar-refractivity contribution in [3.8, 4) is 0 Å². The first-order chi connectivity index (χ1) is 6.22. The number of hydrogen-bond acceptors (Lipinski definition) is 2. The van der Waals surface area contributed by atoms with Crippen LogP contribution in [-0.2, 0) is 11.3 Å². The van der Waals surface area contributed by atoms with Crippen molar-refractivity contribution in [2.24, 2.45) is 0 Å². The molecule has 1 aromatic carbocycles. The second-order valence-electron chi connectivity index (χ2n) is 2.87. The minimum absolute atomic E-state index is 0.0665. The van der Waals surface area contributed by atoms with E-state index in [1.807, 2.05) is 31.2 Å². The molecule has 0 fully saturated rings. The molecule has 0 saturated carbocycles. The van der Waals surface area contributed by atoms with Crippen molar-refractivity contribution in [1.82, 2.24) is 5.32 Å². The van der Waals surface area contributed by atoms with Crippen molar-refractivity contribution >= 4 is 11.6 Å². The summed E-state index contributed by atoms with van der Waals surface area (Å²) >= 11 is 0. The number of anilines is 1. The Balaban J connectivity index is 2.46. The number of nitrogens with two attached hydrogens (primary N) is 1. The van der Waals surface area contributed by atoms with E-state index in [2.05, 4.69) is 5.32 Å². The molecule has 1 rings (SSSR count). The van der Waals surface area contributed by atoms with Crippen LogP contribution in [0.2, 0.25) is 0 Å². The van der Waals surface area contributed by atoms with Gasteiger partial charge in [-0.3, -0.25) is 4.79 Å². The van der Waals surface area contributed by atoms with Crippen LogP contribution in [0.15, 0.2) is 24.3 Å². The number of hydrogen-bond donors (Lipinski definition) is 2. The van der Waals surface area contributed by atoms with Crippen LogP contribution in [0.1, 0.15) is 18.9 Å². The van der Waals surface area contributed by atoms with Crippen molar-refractivity contribution in [3.05, 3.63) is 29.8 Å². The van der Waals surface area contributed by atoms with Crippen LogP contribution in [0.4, 0.5) is 5.69 Å². The summed E-state index contributed by atoms with van der Waals surface area (Å²) in [5.74, 6) is 0.0665. The maximum Gasteiger partial charge on any atom is 0.219 e. The van der Waals surface area contributed by atoms with Gasteiger partial charge in [0, 0.05) is 18.7 Å². The highest BCUT2D eigenvalue weighted by Crippen LogP contribution is 2.04. The van der Waals surface area contributed by atoms with Gasteiger partial charge in [0.05, 0.1) is 0 Å². The molecule has 0 spiro atoms. The predicted octanol–water partition coefficient (Wildman–Crippen LogP) is 1.29. The molecule has 1 amide bonds. The van der Waals surface area contributed by atoms with Crippen LogP contribution >= 0.6 is 0 Å². The van der Waals surface area contributed by atoms with Crippen LogP contribution in [0.3, 0.4) is 0 Å². The van der Waals surface area contributed by atoms with Crippen molar-refractivity contribution in [2.45, 2.75) is 19.9 Å². The third-order valence-corrected chi connectivity index (χ3v) is 1.79. The summed E-state index contributed by atoms with van der Waals surface area (Å²) in [7, 11) is 0. The maximum atomic E-state index is 10.9. The number of nitrogens with one attached hydrogen (secondary N) is 1. The van der Waals surface area contributed by atoms with Gasteiger partial charge in [-0.25, -0.2) is 0 Å². The molecule has 3 N–H and O–H groups in total. The minimum Gasteiger partial charge on any atom is -0.399 e. The number of carbonyl (C=O) groups excluding carboxylic acids is 1. The van der Waals surface area contributed by atoms with Gasteiger partial charge in [-0.1, -0.05) is 19.1 Å². The Bertz CT molecular complexity index is 279. The Morgan fingerprint density at radius 3 is 2.54 bits per heavy atom. The van der Waals surface area contributed by atoms with E-state index in [1.165, 1.54) is 0 Å². The number of rotatable bonds is 3. The second kappa shape index (κ2) is 4.50. The summed E-state index contributed by atoms with van der Waals surface area (Å²) in [5.41, 5.74) is 7.33. The van der Waals surface area contributed by atoms with E-state index in [0.29, 0.717) is 13.0 Å². The molecule has 0 bridgehead atoms. The number of amides is 1. The predicted molar refractivity (Wildman–Crippen MR) is 53.0 cm³/mol. The smallest absolute Gasteiger partial charge is 0.219 e. The van der Waals surface area contributed by atoms with Gasteiger partial charge in [-0.05, 0) is 17.7 Å². The third kappa shape index (κ3) is 3.15. The number of carbonyl (C=O) groups is 1. The zero-order valence-corrected chi connectivity index (χ0v) is 7.71. The Morgan fingerprint density at radius 1 is 1.38 bits per heavy atom. The first kappa shape index (κ1) is 9.58. The Morgan fingerprint density at radius 2 is 2.00 bits per heavy atom. The number of benzene rings is 1. The first-order valence-electron chi connectivity index (χ1n) is 4.33. The zero-order chi connectivity index (χ0) is 9.68. The molecule has 0 aliphatic rings. The maximum absolute atomic E-state index is 10.9. The quantitative estimate of drug-likeness (QED) is 0.685. The molecule has 13 heavy (non-hydrogen) atoms. The van der Waals surface area contributed by atoms with Gasteiger partial charge in [0.15, 0.2) is 0 Å². The SMILES string of the molecule is CCC(=O)NCc1ccc(N)cc1. The largest absolute Gasteiger partial charge is 0.399 e. The summed E-state index contributed by atoms with van der Waals surface area (Å²) in [5, 5.41) is 2.79. The van der Waals surface area contributed by atoms with Crippen LogP contribution in [0.25, 0.3) is 0 Å². The van der Waals surface area contributed by atoms with Crippen LogP contribution in [0.5, 0.6) is 0 Å². The molecule has 0 unspecified atom stereocenters. The molecular weight excluding hydrogens is 164 g/mol. The molecule has 70 valence electrons. The lowest BCUT2D eigenvalue weighted by Gasteiger charge is -2.03. The van der Waals surface area contributed by atoms with E-state index in [1.54, 1.807) is 0 Å². The van der Waals surface area contributed by atoms with Crippen molar-refractivity contribution in [2.75, 3.05) is 5.73 Å². The second-order valence-corrected chi connectivity index (χ2v) is 2.87. The molecule has 3 nitrogen and oxygen atoms in total. The lowest BCUT2D eigenvalue weighted by atomic mass is 10.2. The van der Waals surface area contributed by atoms with Gasteiger partial charge >= 0.3 is 0 Å². The summed E-state index contributed by atoms with van der Waals surface area (Å²) < 4.78 is 0. The topological polar surface area (TPSA) is 55.1 Å². The highest BCUT2D eigenvalue weighted by Gasteiger charge is 1.96. The Hall–Kier alpha value is -1.51. The van der Waals surface area contributed by atoms with Gasteiger partial charge in [0.25, 0.3) is 0 Å². The fourth-order valence-electron chi connectivity index (χ4n) is 0.961. The average molecular weight is 178 g/mol. The molecule has 1 aromatic rings. The van der Waals surface area contributed by atoms with Gasteiger partial charge in [-0.15, -0.1) is 0 Å². The van der Waals surface area contributed by atoms with E-state index in [4.69, 9.17) is 5.73 Å². The summed E-state index contributed by atoms with van der Waals surface area (Å²) in [6.45, 7) is 2.41. The van der Waals surface area contributed by atoms with Gasteiger partial charge in [-0.2, -0.15) is 0 Å². The van der Waals surface area contributed by atoms with Gasteiger partial charge < -0.3 is 11.1 Å². The molecule has 0 radical (unpaired) electrons. The van der Waals surface area contributed by atoms with E-state index < -0.39 is 0 Å². The van der Waals surface area contributed by atoms with E-state index >= 15 is 0 Å². The van der Waals surface area contributed by atoms with Gasteiger partial charge in [0.2, 0.25) is 5.91 Å². The lowest BCUT2D eigenvalue weighted by molar-refractivity contribution is -0.120. The standard InChI is InChI=1S/C10H14N2O/c1-2-10(13)12-7-8-3-5-9(11)6-4-8/h3-6H,2,7,11H2,1H3,(H,12,13). The molecule has 0 heterocycles. The fraction of sp³-hybridized carbons (Fsp3) is 0.300. The highest BCUT2D eigenvalue weighted by molar-refractivity contribution is 5.75. The highest BCUT2D eigenvalue weighted by atomic mass is 16.1. The fourth-order valence-corrected chi connectivity index (χ4v) is 0.961. The summed E-state index contributed by atoms with van der Waals surface area (Å²) in [6, 6.07) is 7.47. The molecule has 0 aromatic heterocycles. The molecule has 0 aliphatic heterocycles. The summed E-state index contributed by atoms with van der Waals surface area (Å²) in [4.78, 5) is 10.9. The number of nitrogen functional groups attached to an aromatic ring is 1. The monoisotopic (exact) mass is 178 g/mol. The minimum atomic E-state index is 0.0665. The molecule has 0 atom stereocenters. The van der Waals surface area contributed by atoms with Crippen LogP contribution in [0, 0.1) is 0 Å². The molecule has 0 saturated heterocycles.